The topological polar surface area (TPSA) is 108 Å². The van der Waals surface area contributed by atoms with Gasteiger partial charge in [0, 0.05) is 12.2 Å². The van der Waals surface area contributed by atoms with Crippen molar-refractivity contribution >= 4 is 23.3 Å². The number of rotatable bonds is 6. The molecule has 0 saturated carbocycles. The minimum absolute atomic E-state index is 0.0104. The third-order valence-corrected chi connectivity index (χ3v) is 5.79. The van der Waals surface area contributed by atoms with Crippen molar-refractivity contribution in [2.75, 3.05) is 18.1 Å². The first-order valence-electron chi connectivity index (χ1n) is 10.7. The lowest BCUT2D eigenvalue weighted by molar-refractivity contribution is -0.386. The van der Waals surface area contributed by atoms with Crippen molar-refractivity contribution in [1.29, 1.82) is 0 Å². The van der Waals surface area contributed by atoms with Crippen molar-refractivity contribution in [2.24, 2.45) is 0 Å². The van der Waals surface area contributed by atoms with Crippen LogP contribution < -0.4 is 4.90 Å². The van der Waals surface area contributed by atoms with Gasteiger partial charge in [0.2, 0.25) is 0 Å². The molecule has 0 spiro atoms. The Labute approximate surface area is 190 Å². The second-order valence-electron chi connectivity index (χ2n) is 7.98. The van der Waals surface area contributed by atoms with Crippen molar-refractivity contribution in [2.45, 2.75) is 33.2 Å². The fraction of sp³-hybridized carbons (Fsp3) is 0.292. The number of carbonyl (C=O) groups excluding carboxylic acids is 2. The summed E-state index contributed by atoms with van der Waals surface area (Å²) in [5.41, 5.74) is 3.98. The zero-order valence-corrected chi connectivity index (χ0v) is 18.5. The number of ether oxygens (including phenoxy) is 1. The van der Waals surface area contributed by atoms with Crippen molar-refractivity contribution in [3.05, 3.63) is 86.7 Å². The number of esters is 1. The Morgan fingerprint density at radius 2 is 1.85 bits per heavy atom. The number of amides is 1. The van der Waals surface area contributed by atoms with Gasteiger partial charge < -0.3 is 9.64 Å². The maximum atomic E-state index is 12.7. The van der Waals surface area contributed by atoms with E-state index in [-0.39, 0.29) is 18.2 Å². The van der Waals surface area contributed by atoms with E-state index in [1.165, 1.54) is 0 Å². The Kier molecular flexibility index (Phi) is 6.21. The molecule has 170 valence electrons. The largest absolute Gasteiger partial charge is 0.452 e. The van der Waals surface area contributed by atoms with Crippen molar-refractivity contribution in [3.63, 3.8) is 0 Å². The summed E-state index contributed by atoms with van der Waals surface area (Å²) in [4.78, 5) is 37.5. The molecule has 0 atom stereocenters. The van der Waals surface area contributed by atoms with Crippen molar-refractivity contribution in [1.82, 2.24) is 9.78 Å². The van der Waals surface area contributed by atoms with E-state index >= 15 is 0 Å². The van der Waals surface area contributed by atoms with Crippen LogP contribution in [0.1, 0.15) is 39.3 Å². The molecule has 0 unspecified atom stereocenters. The lowest BCUT2D eigenvalue weighted by Gasteiger charge is -2.29. The van der Waals surface area contributed by atoms with Crippen LogP contribution in [0, 0.1) is 24.0 Å². The highest BCUT2D eigenvalue weighted by atomic mass is 16.6. The molecule has 0 fully saturated rings. The SMILES string of the molecule is Cc1nn(Cc2ccc(C(=O)OCC(=O)N3CCCc4ccccc43)cc2)c(C)c1[N+](=O)[O-]. The highest BCUT2D eigenvalue weighted by molar-refractivity contribution is 5.97. The van der Waals surface area contributed by atoms with Gasteiger partial charge in [-0.3, -0.25) is 19.6 Å². The number of hydrogen-bond donors (Lipinski definition) is 0. The molecule has 1 aromatic heterocycles. The zero-order valence-electron chi connectivity index (χ0n) is 18.5. The lowest BCUT2D eigenvalue weighted by atomic mass is 10.0. The first-order chi connectivity index (χ1) is 15.8. The van der Waals surface area contributed by atoms with Gasteiger partial charge in [0.25, 0.3) is 5.91 Å². The average Bonchev–Trinajstić information content (AvgIpc) is 3.10. The number of benzene rings is 2. The van der Waals surface area contributed by atoms with Gasteiger partial charge in [-0.05, 0) is 56.0 Å². The standard InChI is InChI=1S/C24H24N4O5/c1-16-23(28(31)32)17(2)27(25-16)14-18-9-11-20(12-10-18)24(30)33-15-22(29)26-13-5-7-19-6-3-4-8-21(19)26/h3-4,6,8-12H,5,7,13-15H2,1-2H3. The number of fused-ring (bicyclic) bond motifs is 1. The van der Waals surface area contributed by atoms with Gasteiger partial charge in [-0.25, -0.2) is 4.79 Å². The molecule has 0 saturated heterocycles. The summed E-state index contributed by atoms with van der Waals surface area (Å²) in [5, 5.41) is 15.4. The van der Waals surface area contributed by atoms with Crippen LogP contribution >= 0.6 is 0 Å². The lowest BCUT2D eigenvalue weighted by Crippen LogP contribution is -2.38. The molecule has 1 amide bonds. The average molecular weight is 448 g/mol. The minimum Gasteiger partial charge on any atom is -0.452 e. The Morgan fingerprint density at radius 1 is 1.12 bits per heavy atom. The van der Waals surface area contributed by atoms with Gasteiger partial charge in [-0.1, -0.05) is 30.3 Å². The summed E-state index contributed by atoms with van der Waals surface area (Å²) in [6.45, 7) is 3.87. The number of nitrogens with zero attached hydrogens (tertiary/aromatic N) is 4. The fourth-order valence-electron chi connectivity index (χ4n) is 4.11. The predicted molar refractivity (Wildman–Crippen MR) is 121 cm³/mol. The van der Waals surface area contributed by atoms with E-state index in [9.17, 15) is 19.7 Å². The minimum atomic E-state index is -0.582. The van der Waals surface area contributed by atoms with Gasteiger partial charge in [0.05, 0.1) is 17.0 Å². The fourth-order valence-corrected chi connectivity index (χ4v) is 4.11. The Morgan fingerprint density at radius 3 is 2.55 bits per heavy atom. The molecular weight excluding hydrogens is 424 g/mol. The van der Waals surface area contributed by atoms with Crippen LogP contribution in [0.4, 0.5) is 11.4 Å². The molecule has 3 aromatic rings. The van der Waals surface area contributed by atoms with Gasteiger partial charge in [0.15, 0.2) is 6.61 Å². The maximum absolute atomic E-state index is 12.7. The smallest absolute Gasteiger partial charge is 0.338 e. The molecule has 4 rings (SSSR count). The highest BCUT2D eigenvalue weighted by Crippen LogP contribution is 2.27. The number of nitro groups is 1. The summed E-state index contributed by atoms with van der Waals surface area (Å²) >= 11 is 0. The first-order valence-corrected chi connectivity index (χ1v) is 10.7. The van der Waals surface area contributed by atoms with E-state index in [4.69, 9.17) is 4.74 Å². The molecule has 0 aliphatic carbocycles. The van der Waals surface area contributed by atoms with Crippen molar-refractivity contribution in [3.8, 4) is 0 Å². The van der Waals surface area contributed by atoms with E-state index in [1.807, 2.05) is 24.3 Å². The Hall–Kier alpha value is -4.01. The Bertz CT molecular complexity index is 1220. The zero-order chi connectivity index (χ0) is 23.5. The Balaban J connectivity index is 1.37. The molecule has 9 nitrogen and oxygen atoms in total. The van der Waals surface area contributed by atoms with Gasteiger partial charge in [-0.15, -0.1) is 0 Å². The van der Waals surface area contributed by atoms with Crippen LogP contribution in [0.3, 0.4) is 0 Å². The number of aromatic nitrogens is 2. The molecule has 0 bridgehead atoms. The van der Waals surface area contributed by atoms with E-state index in [0.717, 1.165) is 29.7 Å². The maximum Gasteiger partial charge on any atom is 0.338 e. The summed E-state index contributed by atoms with van der Waals surface area (Å²) in [5.74, 6) is -0.833. The number of anilines is 1. The predicted octanol–water partition coefficient (Wildman–Crippen LogP) is 3.59. The van der Waals surface area contributed by atoms with Crippen LogP contribution in [0.15, 0.2) is 48.5 Å². The molecule has 0 radical (unpaired) electrons. The van der Waals surface area contributed by atoms with Crippen LogP contribution in [0.5, 0.6) is 0 Å². The quantitative estimate of drug-likeness (QED) is 0.324. The normalized spacial score (nSPS) is 12.8. The summed E-state index contributed by atoms with van der Waals surface area (Å²) in [7, 11) is 0. The van der Waals surface area contributed by atoms with Crippen LogP contribution in [-0.2, 0) is 22.5 Å². The highest BCUT2D eigenvalue weighted by Gasteiger charge is 2.24. The molecule has 9 heteroatoms. The third kappa shape index (κ3) is 4.62. The molecule has 0 N–H and O–H groups in total. The van der Waals surface area contributed by atoms with Gasteiger partial charge in [-0.2, -0.15) is 5.10 Å². The van der Waals surface area contributed by atoms with E-state index < -0.39 is 10.9 Å². The van der Waals surface area contributed by atoms with Crippen LogP contribution in [0.2, 0.25) is 0 Å². The molecule has 33 heavy (non-hydrogen) atoms. The van der Waals surface area contributed by atoms with Gasteiger partial charge >= 0.3 is 11.7 Å². The summed E-state index contributed by atoms with van der Waals surface area (Å²) < 4.78 is 6.82. The molecular formula is C24H24N4O5. The second-order valence-corrected chi connectivity index (χ2v) is 7.98. The number of aryl methyl sites for hydroxylation is 2. The second kappa shape index (κ2) is 9.23. The first kappa shape index (κ1) is 22.2. The molecule has 1 aliphatic rings. The van der Waals surface area contributed by atoms with E-state index in [0.29, 0.717) is 30.0 Å². The number of para-hydroxylation sites is 1. The monoisotopic (exact) mass is 448 g/mol. The number of hydrogen-bond acceptors (Lipinski definition) is 6. The van der Waals surface area contributed by atoms with E-state index in [1.54, 1.807) is 47.7 Å². The molecule has 1 aliphatic heterocycles. The van der Waals surface area contributed by atoms with Crippen LogP contribution in [-0.4, -0.2) is 39.7 Å². The van der Waals surface area contributed by atoms with Crippen molar-refractivity contribution < 1.29 is 19.2 Å². The number of carbonyl (C=O) groups is 2. The molecule has 2 heterocycles. The van der Waals surface area contributed by atoms with E-state index in [2.05, 4.69) is 5.10 Å². The van der Waals surface area contributed by atoms with Gasteiger partial charge in [0.1, 0.15) is 11.4 Å². The molecule has 2 aromatic carbocycles. The summed E-state index contributed by atoms with van der Waals surface area (Å²) in [6, 6.07) is 14.5. The van der Waals surface area contributed by atoms with Crippen LogP contribution in [0.25, 0.3) is 0 Å². The third-order valence-electron chi connectivity index (χ3n) is 5.79. The summed E-state index contributed by atoms with van der Waals surface area (Å²) in [6.07, 6.45) is 1.80.